The minimum Gasteiger partial charge on any atom is -0.497 e. The topological polar surface area (TPSA) is 37.7 Å². The molecule has 134 valence electrons. The van der Waals surface area contributed by atoms with Crippen LogP contribution in [0.5, 0.6) is 5.75 Å². The summed E-state index contributed by atoms with van der Waals surface area (Å²) < 4.78 is 5.24. The molecule has 5 heteroatoms. The van der Waals surface area contributed by atoms with Gasteiger partial charge < -0.3 is 20.3 Å². The zero-order valence-electron chi connectivity index (χ0n) is 15.6. The number of hydrogen-bond acceptors (Lipinski definition) is 2. The molecule has 0 spiro atoms. The molecule has 0 aliphatic heterocycles. The number of benzene rings is 2. The third-order valence-electron chi connectivity index (χ3n) is 4.16. The number of nitrogens with one attached hydrogen (secondary N) is 3. The van der Waals surface area contributed by atoms with Gasteiger partial charge in [0.05, 0.1) is 27.7 Å². The Kier molecular flexibility index (Phi) is 6.79. The molecule has 2 aromatic carbocycles. The second-order valence-electron chi connectivity index (χ2n) is 6.61. The van der Waals surface area contributed by atoms with Gasteiger partial charge in [-0.2, -0.15) is 0 Å². The van der Waals surface area contributed by atoms with Gasteiger partial charge in [0.25, 0.3) is 0 Å². The van der Waals surface area contributed by atoms with Crippen LogP contribution in [0, 0.1) is 13.8 Å². The number of thiocarbonyl (C=S) groups is 1. The highest BCUT2D eigenvalue weighted by Crippen LogP contribution is 2.16. The zero-order chi connectivity index (χ0) is 18.4. The molecule has 0 saturated heterocycles. The fourth-order valence-electron chi connectivity index (χ4n) is 2.91. The lowest BCUT2D eigenvalue weighted by Crippen LogP contribution is -3.07. The van der Waals surface area contributed by atoms with E-state index in [9.17, 15) is 0 Å². The van der Waals surface area contributed by atoms with Crippen LogP contribution in [0.2, 0.25) is 0 Å². The summed E-state index contributed by atoms with van der Waals surface area (Å²) in [5.74, 6) is 0.872. The standard InChI is InChI=1S/C20H27N3OS/c1-14-10-15(2)12-17(11-14)22-20(25)21-13-19(23(3)4)16-6-8-18(24-5)9-7-16/h6-12,19H,13H2,1-5H3,(H2,21,22,25)/p+1/t19-/m0/s1. The highest BCUT2D eigenvalue weighted by Gasteiger charge is 2.18. The summed E-state index contributed by atoms with van der Waals surface area (Å²) in [4.78, 5) is 1.34. The minimum atomic E-state index is 0.296. The van der Waals surface area contributed by atoms with Crippen molar-refractivity contribution >= 4 is 23.0 Å². The molecule has 0 aliphatic rings. The fourth-order valence-corrected chi connectivity index (χ4v) is 3.11. The summed E-state index contributed by atoms with van der Waals surface area (Å²) in [6.07, 6.45) is 0. The molecule has 0 saturated carbocycles. The Labute approximate surface area is 156 Å². The van der Waals surface area contributed by atoms with Crippen LogP contribution in [0.25, 0.3) is 0 Å². The lowest BCUT2D eigenvalue weighted by molar-refractivity contribution is -0.890. The van der Waals surface area contributed by atoms with E-state index in [1.165, 1.54) is 21.6 Å². The van der Waals surface area contributed by atoms with Crippen LogP contribution in [-0.2, 0) is 0 Å². The summed E-state index contributed by atoms with van der Waals surface area (Å²) in [5, 5.41) is 7.27. The van der Waals surface area contributed by atoms with E-state index >= 15 is 0 Å². The van der Waals surface area contributed by atoms with E-state index in [1.807, 2.05) is 12.1 Å². The van der Waals surface area contributed by atoms with Crippen molar-refractivity contribution in [1.82, 2.24) is 5.32 Å². The first-order valence-corrected chi connectivity index (χ1v) is 8.87. The van der Waals surface area contributed by atoms with Crippen molar-refractivity contribution in [2.45, 2.75) is 19.9 Å². The van der Waals surface area contributed by atoms with Crippen molar-refractivity contribution in [3.63, 3.8) is 0 Å². The van der Waals surface area contributed by atoms with Crippen molar-refractivity contribution in [2.75, 3.05) is 33.1 Å². The zero-order valence-corrected chi connectivity index (χ0v) is 16.5. The number of aryl methyl sites for hydroxylation is 2. The third-order valence-corrected chi connectivity index (χ3v) is 4.41. The number of methoxy groups -OCH3 is 1. The summed E-state index contributed by atoms with van der Waals surface area (Å²) in [6, 6.07) is 14.9. The molecule has 0 amide bonds. The van der Waals surface area contributed by atoms with Crippen LogP contribution in [0.3, 0.4) is 0 Å². The maximum absolute atomic E-state index is 5.47. The highest BCUT2D eigenvalue weighted by atomic mass is 32.1. The van der Waals surface area contributed by atoms with E-state index in [2.05, 4.69) is 68.9 Å². The molecule has 0 unspecified atom stereocenters. The van der Waals surface area contributed by atoms with Crippen LogP contribution in [0.1, 0.15) is 22.7 Å². The average molecular weight is 359 g/mol. The summed E-state index contributed by atoms with van der Waals surface area (Å²) >= 11 is 5.47. The highest BCUT2D eigenvalue weighted by molar-refractivity contribution is 7.80. The smallest absolute Gasteiger partial charge is 0.171 e. The molecule has 2 aromatic rings. The number of ether oxygens (including phenoxy) is 1. The first kappa shape index (κ1) is 19.2. The van der Waals surface area contributed by atoms with Gasteiger partial charge in [0.15, 0.2) is 5.11 Å². The fraction of sp³-hybridized carbons (Fsp3) is 0.350. The lowest BCUT2D eigenvalue weighted by atomic mass is 10.1. The molecule has 0 radical (unpaired) electrons. The van der Waals surface area contributed by atoms with Gasteiger partial charge in [0.2, 0.25) is 0 Å². The van der Waals surface area contributed by atoms with Gasteiger partial charge in [-0.25, -0.2) is 0 Å². The first-order valence-electron chi connectivity index (χ1n) is 8.46. The lowest BCUT2D eigenvalue weighted by Gasteiger charge is -2.23. The van der Waals surface area contributed by atoms with E-state index in [1.54, 1.807) is 7.11 Å². The molecule has 0 fully saturated rings. The number of hydrogen-bond donors (Lipinski definition) is 3. The first-order chi connectivity index (χ1) is 11.9. The van der Waals surface area contributed by atoms with Crippen molar-refractivity contribution in [2.24, 2.45) is 0 Å². The Hall–Kier alpha value is -2.11. The summed E-state index contributed by atoms with van der Waals surface area (Å²) in [7, 11) is 5.98. The van der Waals surface area contributed by atoms with Crippen LogP contribution >= 0.6 is 12.2 Å². The van der Waals surface area contributed by atoms with Gasteiger partial charge in [-0.3, -0.25) is 0 Å². The normalized spacial score (nSPS) is 11.9. The van der Waals surface area contributed by atoms with E-state index in [0.29, 0.717) is 11.2 Å². The molecular formula is C20H28N3OS+. The number of anilines is 1. The van der Waals surface area contributed by atoms with Gasteiger partial charge in [-0.15, -0.1) is 0 Å². The van der Waals surface area contributed by atoms with Crippen LogP contribution in [-0.4, -0.2) is 32.9 Å². The van der Waals surface area contributed by atoms with Crippen molar-refractivity contribution in [3.8, 4) is 5.75 Å². The van der Waals surface area contributed by atoms with E-state index in [-0.39, 0.29) is 0 Å². The van der Waals surface area contributed by atoms with Gasteiger partial charge in [0.1, 0.15) is 11.8 Å². The Bertz CT molecular complexity index is 693. The molecular weight excluding hydrogens is 330 g/mol. The quantitative estimate of drug-likeness (QED) is 0.694. The second-order valence-corrected chi connectivity index (χ2v) is 7.02. The van der Waals surface area contributed by atoms with Crippen molar-refractivity contribution in [3.05, 3.63) is 59.2 Å². The van der Waals surface area contributed by atoms with Gasteiger partial charge >= 0.3 is 0 Å². The molecule has 25 heavy (non-hydrogen) atoms. The molecule has 3 N–H and O–H groups in total. The minimum absolute atomic E-state index is 0.296. The number of quaternary nitrogens is 1. The number of likely N-dealkylation sites (N-methyl/N-ethyl adjacent to an activating group) is 1. The van der Waals surface area contributed by atoms with Crippen LogP contribution in [0.15, 0.2) is 42.5 Å². The third kappa shape index (κ3) is 5.73. The maximum Gasteiger partial charge on any atom is 0.171 e. The molecule has 1 atom stereocenters. The van der Waals surface area contributed by atoms with Crippen LogP contribution in [0.4, 0.5) is 5.69 Å². The van der Waals surface area contributed by atoms with Crippen molar-refractivity contribution < 1.29 is 9.64 Å². The van der Waals surface area contributed by atoms with E-state index in [0.717, 1.165) is 18.0 Å². The Morgan fingerprint density at radius 3 is 2.20 bits per heavy atom. The maximum atomic E-state index is 5.47. The SMILES string of the molecule is COc1ccc([C@H](CNC(=S)Nc2cc(C)cc(C)c2)[NH+](C)C)cc1. The van der Waals surface area contributed by atoms with E-state index in [4.69, 9.17) is 17.0 Å². The van der Waals surface area contributed by atoms with Crippen molar-refractivity contribution in [1.29, 1.82) is 0 Å². The molecule has 2 rings (SSSR count). The molecule has 4 nitrogen and oxygen atoms in total. The Morgan fingerprint density at radius 1 is 1.08 bits per heavy atom. The summed E-state index contributed by atoms with van der Waals surface area (Å²) in [6.45, 7) is 4.93. The molecule has 0 aliphatic carbocycles. The van der Waals surface area contributed by atoms with Gasteiger partial charge in [-0.1, -0.05) is 6.07 Å². The molecule has 0 heterocycles. The second kappa shape index (κ2) is 8.83. The molecule has 0 bridgehead atoms. The Balaban J connectivity index is 1.99. The molecule has 0 aromatic heterocycles. The van der Waals surface area contributed by atoms with Gasteiger partial charge in [-0.05, 0) is 73.6 Å². The van der Waals surface area contributed by atoms with Crippen LogP contribution < -0.4 is 20.3 Å². The summed E-state index contributed by atoms with van der Waals surface area (Å²) in [5.41, 5.74) is 4.72. The monoisotopic (exact) mass is 358 g/mol. The van der Waals surface area contributed by atoms with Gasteiger partial charge in [0, 0.05) is 11.3 Å². The van der Waals surface area contributed by atoms with E-state index < -0.39 is 0 Å². The average Bonchev–Trinajstić information content (AvgIpc) is 2.54. The number of rotatable bonds is 6. The predicted molar refractivity (Wildman–Crippen MR) is 109 cm³/mol. The predicted octanol–water partition coefficient (Wildman–Crippen LogP) is 2.48. The Morgan fingerprint density at radius 2 is 1.68 bits per heavy atom. The largest absolute Gasteiger partial charge is 0.497 e.